The van der Waals surface area contributed by atoms with Crippen LogP contribution in [0.25, 0.3) is 0 Å². The number of unbranched alkanes of at least 4 members (excludes halogenated alkanes) is 54. The Morgan fingerprint density at radius 1 is 0.337 bits per heavy atom. The molecule has 0 fully saturated rings. The average Bonchev–Trinajstić information content (AvgIpc) is 3.49. The fraction of sp³-hybridized carbons (Fsp3) is 0.896. The number of hydrogen-bond donors (Lipinski definition) is 3. The van der Waals surface area contributed by atoms with Crippen LogP contribution in [0, 0.1) is 0 Å². The lowest BCUT2D eigenvalue weighted by Gasteiger charge is -2.22. The van der Waals surface area contributed by atoms with Gasteiger partial charge in [-0.3, -0.25) is 9.59 Å². The number of hydrogen-bond acceptors (Lipinski definition) is 5. The normalized spacial score (nSPS) is 12.7. The van der Waals surface area contributed by atoms with Crippen molar-refractivity contribution in [2.75, 3.05) is 13.2 Å². The van der Waals surface area contributed by atoms with E-state index in [1.54, 1.807) is 0 Å². The number of carbonyl (C=O) groups is 2. The second-order valence-electron chi connectivity index (χ2n) is 26.0. The van der Waals surface area contributed by atoms with Crippen molar-refractivity contribution < 1.29 is 24.5 Å². The molecule has 2 unspecified atom stereocenters. The van der Waals surface area contributed by atoms with Gasteiger partial charge in [0, 0.05) is 12.8 Å². The fourth-order valence-corrected chi connectivity index (χ4v) is 11.9. The molecule has 0 aromatic carbocycles. The number of aliphatic hydroxyl groups is 2. The summed E-state index contributed by atoms with van der Waals surface area (Å²) < 4.78 is 5.51. The van der Waals surface area contributed by atoms with Gasteiger partial charge in [-0.05, 0) is 83.5 Å². The summed E-state index contributed by atoms with van der Waals surface area (Å²) in [4.78, 5) is 24.6. The standard InChI is InChI=1S/C77H147NO5/c1-3-5-7-9-11-13-15-17-18-19-37-41-44-47-51-55-59-63-67-71-77(82)83-72-68-64-60-56-52-48-45-42-39-36-34-32-30-28-26-24-22-20-21-23-25-27-29-31-33-35-38-40-43-46-50-54-58-62-66-70-76(81)78-74(73-79)75(80)69-65-61-57-53-49-16-14-12-10-8-6-4-2/h17-18,22,24,28,30,74-75,79-80H,3-16,19-21,23,25-27,29,31-73H2,1-2H3,(H,78,81)/b18-17-,24-22-,30-28-. The van der Waals surface area contributed by atoms with Crippen LogP contribution in [0.5, 0.6) is 0 Å². The van der Waals surface area contributed by atoms with E-state index >= 15 is 0 Å². The first kappa shape index (κ1) is 81.1. The number of esters is 1. The minimum Gasteiger partial charge on any atom is -0.466 e. The number of carbonyl (C=O) groups excluding carboxylic acids is 2. The van der Waals surface area contributed by atoms with Crippen molar-refractivity contribution >= 4 is 11.9 Å². The summed E-state index contributed by atoms with van der Waals surface area (Å²) in [5.74, 6) is -0.0143. The van der Waals surface area contributed by atoms with Crippen molar-refractivity contribution in [2.45, 2.75) is 431 Å². The Hall–Kier alpha value is -1.92. The van der Waals surface area contributed by atoms with Gasteiger partial charge in [0.25, 0.3) is 0 Å². The molecule has 6 heteroatoms. The predicted octanol–water partition coefficient (Wildman–Crippen LogP) is 24.7. The highest BCUT2D eigenvalue weighted by Crippen LogP contribution is 2.19. The molecule has 0 aliphatic heterocycles. The number of aliphatic hydroxyl groups excluding tert-OH is 2. The van der Waals surface area contributed by atoms with Crippen LogP contribution in [-0.2, 0) is 14.3 Å². The van der Waals surface area contributed by atoms with Crippen LogP contribution in [0.2, 0.25) is 0 Å². The minimum atomic E-state index is -0.662. The van der Waals surface area contributed by atoms with E-state index in [4.69, 9.17) is 4.74 Å². The third kappa shape index (κ3) is 69.1. The average molecular weight is 1170 g/mol. The number of amides is 1. The first-order chi connectivity index (χ1) is 41.0. The Morgan fingerprint density at radius 2 is 0.602 bits per heavy atom. The first-order valence-corrected chi connectivity index (χ1v) is 37.7. The van der Waals surface area contributed by atoms with E-state index in [1.807, 2.05) is 0 Å². The summed E-state index contributed by atoms with van der Waals surface area (Å²) in [6, 6.07) is -0.539. The molecule has 83 heavy (non-hydrogen) atoms. The molecule has 0 aliphatic rings. The highest BCUT2D eigenvalue weighted by molar-refractivity contribution is 5.76. The van der Waals surface area contributed by atoms with Crippen LogP contribution >= 0.6 is 0 Å². The lowest BCUT2D eigenvalue weighted by Crippen LogP contribution is -2.45. The van der Waals surface area contributed by atoms with Crippen LogP contribution in [0.3, 0.4) is 0 Å². The second-order valence-corrected chi connectivity index (χ2v) is 26.0. The Labute approximate surface area is 519 Å². The zero-order chi connectivity index (χ0) is 59.9. The van der Waals surface area contributed by atoms with Crippen molar-refractivity contribution in [3.63, 3.8) is 0 Å². The largest absolute Gasteiger partial charge is 0.466 e. The molecule has 2 atom stereocenters. The number of nitrogens with one attached hydrogen (secondary N) is 1. The maximum Gasteiger partial charge on any atom is 0.305 e. The Morgan fingerprint density at radius 3 is 0.928 bits per heavy atom. The minimum absolute atomic E-state index is 0.0169. The Kier molecular flexibility index (Phi) is 70.9. The van der Waals surface area contributed by atoms with E-state index in [1.165, 1.54) is 340 Å². The molecule has 0 spiro atoms. The molecule has 0 bridgehead atoms. The van der Waals surface area contributed by atoms with Gasteiger partial charge in [-0.15, -0.1) is 0 Å². The maximum atomic E-state index is 12.5. The van der Waals surface area contributed by atoms with E-state index in [9.17, 15) is 19.8 Å². The van der Waals surface area contributed by atoms with Crippen molar-refractivity contribution in [3.05, 3.63) is 36.5 Å². The lowest BCUT2D eigenvalue weighted by atomic mass is 10.0. The Balaban J connectivity index is 3.34. The third-order valence-corrected chi connectivity index (χ3v) is 17.7. The smallest absolute Gasteiger partial charge is 0.305 e. The molecule has 0 rings (SSSR count). The summed E-state index contributed by atoms with van der Waals surface area (Å²) in [6.45, 7) is 4.97. The number of ether oxygens (including phenoxy) is 1. The molecular formula is C77H147NO5. The summed E-state index contributed by atoms with van der Waals surface area (Å²) >= 11 is 0. The first-order valence-electron chi connectivity index (χ1n) is 37.7. The third-order valence-electron chi connectivity index (χ3n) is 17.7. The monoisotopic (exact) mass is 1170 g/mol. The van der Waals surface area contributed by atoms with E-state index in [-0.39, 0.29) is 18.5 Å². The summed E-state index contributed by atoms with van der Waals surface area (Å²) in [5.41, 5.74) is 0. The van der Waals surface area contributed by atoms with Gasteiger partial charge in [0.15, 0.2) is 0 Å². The molecular weight excluding hydrogens is 1020 g/mol. The van der Waals surface area contributed by atoms with Crippen molar-refractivity contribution in [1.29, 1.82) is 0 Å². The van der Waals surface area contributed by atoms with E-state index < -0.39 is 12.1 Å². The topological polar surface area (TPSA) is 95.9 Å². The van der Waals surface area contributed by atoms with Gasteiger partial charge in [-0.25, -0.2) is 0 Å². The van der Waals surface area contributed by atoms with Crippen LogP contribution in [0.4, 0.5) is 0 Å². The zero-order valence-corrected chi connectivity index (χ0v) is 56.2. The second kappa shape index (κ2) is 72.6. The van der Waals surface area contributed by atoms with E-state index in [2.05, 4.69) is 55.6 Å². The van der Waals surface area contributed by atoms with Gasteiger partial charge in [0.05, 0.1) is 25.4 Å². The van der Waals surface area contributed by atoms with Gasteiger partial charge in [-0.1, -0.05) is 359 Å². The SMILES string of the molecule is CCCCCCCC/C=C\CCCCCCCCCCCC(=O)OCCCCCCCCCCCCC/C=C\C/C=C\CCCCCCCCCCCCCCCCCCCC(=O)NC(CO)C(O)CCCCCCCCCCCCCC. The molecule has 0 heterocycles. The van der Waals surface area contributed by atoms with E-state index in [0.29, 0.717) is 25.9 Å². The molecule has 490 valence electrons. The lowest BCUT2D eigenvalue weighted by molar-refractivity contribution is -0.143. The molecule has 3 N–H and O–H groups in total. The number of allylic oxidation sites excluding steroid dienone is 6. The molecule has 0 saturated carbocycles. The Bertz CT molecular complexity index is 1340. The maximum absolute atomic E-state index is 12.5. The number of rotatable bonds is 71. The molecule has 0 aromatic rings. The van der Waals surface area contributed by atoms with Gasteiger partial charge in [0.1, 0.15) is 0 Å². The zero-order valence-electron chi connectivity index (χ0n) is 56.2. The molecule has 0 aromatic heterocycles. The molecule has 0 aliphatic carbocycles. The van der Waals surface area contributed by atoms with Crippen LogP contribution < -0.4 is 5.32 Å². The molecule has 0 radical (unpaired) electrons. The highest BCUT2D eigenvalue weighted by atomic mass is 16.5. The van der Waals surface area contributed by atoms with E-state index in [0.717, 1.165) is 44.9 Å². The molecule has 6 nitrogen and oxygen atoms in total. The molecule has 1 amide bonds. The predicted molar refractivity (Wildman–Crippen MR) is 366 cm³/mol. The quantitative estimate of drug-likeness (QED) is 0.0320. The highest BCUT2D eigenvalue weighted by Gasteiger charge is 2.20. The van der Waals surface area contributed by atoms with Crippen LogP contribution in [0.15, 0.2) is 36.5 Å². The van der Waals surface area contributed by atoms with Crippen LogP contribution in [-0.4, -0.2) is 47.4 Å². The van der Waals surface area contributed by atoms with Crippen LogP contribution in [0.1, 0.15) is 418 Å². The molecule has 0 saturated heterocycles. The van der Waals surface area contributed by atoms with Gasteiger partial charge < -0.3 is 20.3 Å². The summed E-state index contributed by atoms with van der Waals surface area (Å²) in [7, 11) is 0. The fourth-order valence-electron chi connectivity index (χ4n) is 11.9. The van der Waals surface area contributed by atoms with Crippen molar-refractivity contribution in [2.24, 2.45) is 0 Å². The van der Waals surface area contributed by atoms with Gasteiger partial charge in [-0.2, -0.15) is 0 Å². The van der Waals surface area contributed by atoms with Crippen molar-refractivity contribution in [1.82, 2.24) is 5.32 Å². The van der Waals surface area contributed by atoms with Crippen molar-refractivity contribution in [3.8, 4) is 0 Å². The van der Waals surface area contributed by atoms with Gasteiger partial charge in [0.2, 0.25) is 5.91 Å². The summed E-state index contributed by atoms with van der Waals surface area (Å²) in [6.07, 6.45) is 93.7. The van der Waals surface area contributed by atoms with Gasteiger partial charge >= 0.3 is 5.97 Å². The summed E-state index contributed by atoms with van der Waals surface area (Å²) in [5, 5.41) is 23.3.